The molecule has 0 bridgehead atoms. The third-order valence-corrected chi connectivity index (χ3v) is 7.39. The number of ether oxygens (including phenoxy) is 2. The molecule has 0 fully saturated rings. The lowest BCUT2D eigenvalue weighted by molar-refractivity contribution is 0.0600. The van der Waals surface area contributed by atoms with Crippen molar-refractivity contribution in [1.82, 2.24) is 0 Å². The lowest BCUT2D eigenvalue weighted by Crippen LogP contribution is -2.12. The molecular formula is C24H19IN2O5. The van der Waals surface area contributed by atoms with Gasteiger partial charge in [-0.25, -0.2) is 14.8 Å². The Morgan fingerprint density at radius 2 is 1.59 bits per heavy atom. The molecule has 1 aliphatic heterocycles. The first-order valence-electron chi connectivity index (χ1n) is 9.54. The van der Waals surface area contributed by atoms with Crippen LogP contribution >= 0.6 is 20.7 Å². The Labute approximate surface area is 194 Å². The highest BCUT2D eigenvalue weighted by atomic mass is 127. The Morgan fingerprint density at radius 3 is 2.28 bits per heavy atom. The molecule has 162 valence electrons. The Hall–Kier alpha value is -3.53. The molecule has 4 rings (SSSR count). The number of hydrogen-bond acceptors (Lipinski definition) is 7. The van der Waals surface area contributed by atoms with Gasteiger partial charge in [-0.15, -0.1) is 0 Å². The number of hydrogen-bond donors (Lipinski definition) is 2. The van der Waals surface area contributed by atoms with Crippen molar-refractivity contribution in [2.45, 2.75) is 0 Å². The summed E-state index contributed by atoms with van der Waals surface area (Å²) in [5, 5.41) is 21.1. The van der Waals surface area contributed by atoms with Crippen LogP contribution in [0.4, 0.5) is 0 Å². The largest absolute Gasteiger partial charge is 0.507 e. The van der Waals surface area contributed by atoms with E-state index >= 15 is 0 Å². The highest BCUT2D eigenvalue weighted by Gasteiger charge is 2.20. The molecule has 0 saturated carbocycles. The number of para-hydroxylation sites is 2. The topological polar surface area (TPSA) is 101 Å². The van der Waals surface area contributed by atoms with Gasteiger partial charge in [0, 0.05) is 11.1 Å². The fourth-order valence-corrected chi connectivity index (χ4v) is 5.72. The number of aliphatic imine (C=N–C) groups is 2. The number of methoxy groups -OCH3 is 2. The molecule has 0 atom stereocenters. The van der Waals surface area contributed by atoms with Gasteiger partial charge in [0.1, 0.15) is 13.1 Å². The van der Waals surface area contributed by atoms with Crippen molar-refractivity contribution in [3.63, 3.8) is 0 Å². The van der Waals surface area contributed by atoms with E-state index in [-0.39, 0.29) is 11.5 Å². The molecule has 0 spiro atoms. The summed E-state index contributed by atoms with van der Waals surface area (Å²) >= 11 is -0.935. The summed E-state index contributed by atoms with van der Waals surface area (Å²) in [7, 11) is 2.82. The van der Waals surface area contributed by atoms with Crippen LogP contribution in [0.15, 0.2) is 76.7 Å². The number of phenolic OH excluding ortho intramolecular Hbond substituents is 2. The number of phenols is 2. The van der Waals surface area contributed by atoms with Crippen LogP contribution in [0.1, 0.15) is 27.0 Å². The lowest BCUT2D eigenvalue weighted by Gasteiger charge is -2.15. The Morgan fingerprint density at radius 1 is 0.875 bits per heavy atom. The third-order valence-electron chi connectivity index (χ3n) is 4.72. The summed E-state index contributed by atoms with van der Waals surface area (Å²) < 4.78 is 11.4. The molecule has 0 aliphatic carbocycles. The summed E-state index contributed by atoms with van der Waals surface area (Å²) in [6.45, 7) is 0. The second kappa shape index (κ2) is 9.31. The van der Waals surface area contributed by atoms with E-state index in [1.807, 2.05) is 6.07 Å². The van der Waals surface area contributed by atoms with E-state index in [2.05, 4.69) is 0 Å². The highest BCUT2D eigenvalue weighted by Crippen LogP contribution is 2.35. The molecule has 0 radical (unpaired) electrons. The zero-order valence-electron chi connectivity index (χ0n) is 17.2. The third kappa shape index (κ3) is 4.26. The fourth-order valence-electron chi connectivity index (χ4n) is 3.06. The fraction of sp³-hybridized carbons (Fsp3) is 0.0833. The van der Waals surface area contributed by atoms with Crippen LogP contribution < -0.4 is 4.74 Å². The van der Waals surface area contributed by atoms with Crippen LogP contribution in [0.3, 0.4) is 0 Å². The molecule has 32 heavy (non-hydrogen) atoms. The predicted molar refractivity (Wildman–Crippen MR) is 132 cm³/mol. The number of esters is 1. The van der Waals surface area contributed by atoms with Crippen LogP contribution in [-0.4, -0.2) is 43.6 Å². The quantitative estimate of drug-likeness (QED) is 0.371. The van der Waals surface area contributed by atoms with E-state index in [0.717, 1.165) is 0 Å². The van der Waals surface area contributed by atoms with Gasteiger partial charge in [-0.2, -0.15) is 0 Å². The van der Waals surface area contributed by atoms with Crippen molar-refractivity contribution in [2.75, 3.05) is 14.2 Å². The van der Waals surface area contributed by atoms with Gasteiger partial charge in [-0.3, -0.25) is 0 Å². The number of rotatable bonds is 5. The standard InChI is InChI=1S/C24H19IN2O5/c1-31-19-9-5-7-17(20(19)29)22-25-21(16-6-3-4-8-18(16)28)26-23(27-22)14-10-12-15(13-11-14)24(30)32-2/h3-13,28-29H,1-2H3. The lowest BCUT2D eigenvalue weighted by atomic mass is 10.1. The van der Waals surface area contributed by atoms with E-state index < -0.39 is 26.7 Å². The van der Waals surface area contributed by atoms with E-state index in [0.29, 0.717) is 41.2 Å². The summed E-state index contributed by atoms with van der Waals surface area (Å²) in [5.41, 5.74) is 2.29. The van der Waals surface area contributed by atoms with Gasteiger partial charge >= 0.3 is 5.97 Å². The van der Waals surface area contributed by atoms with Crippen LogP contribution in [0.5, 0.6) is 17.2 Å². The molecule has 7 nitrogen and oxygen atoms in total. The second-order valence-electron chi connectivity index (χ2n) is 6.67. The van der Waals surface area contributed by atoms with Crippen LogP contribution in [0, 0.1) is 0 Å². The Bertz CT molecular complexity index is 1280. The number of carbonyl (C=O) groups excluding carboxylic acids is 1. The van der Waals surface area contributed by atoms with Crippen molar-refractivity contribution in [2.24, 2.45) is 9.98 Å². The first kappa shape index (κ1) is 21.7. The summed E-state index contributed by atoms with van der Waals surface area (Å²) in [6.07, 6.45) is 0. The van der Waals surface area contributed by atoms with Crippen molar-refractivity contribution in [3.8, 4) is 17.2 Å². The summed E-state index contributed by atoms with van der Waals surface area (Å²) in [5.74, 6) is 0.474. The second-order valence-corrected chi connectivity index (χ2v) is 9.25. The minimum Gasteiger partial charge on any atom is -0.507 e. The normalized spacial score (nSPS) is 13.2. The zero-order chi connectivity index (χ0) is 22.7. The van der Waals surface area contributed by atoms with Crippen molar-refractivity contribution in [3.05, 3.63) is 89.0 Å². The molecule has 1 heterocycles. The van der Waals surface area contributed by atoms with Crippen molar-refractivity contribution in [1.29, 1.82) is 0 Å². The maximum Gasteiger partial charge on any atom is 0.337 e. The van der Waals surface area contributed by atoms with Crippen molar-refractivity contribution >= 4 is 39.9 Å². The molecule has 8 heteroatoms. The van der Waals surface area contributed by atoms with Crippen LogP contribution in [-0.2, 0) is 4.74 Å². The maximum absolute atomic E-state index is 11.8. The number of amidine groups is 1. The molecule has 0 amide bonds. The minimum atomic E-state index is -0.935. The van der Waals surface area contributed by atoms with Crippen molar-refractivity contribution < 1.29 is 24.5 Å². The first-order chi connectivity index (χ1) is 15.5. The smallest absolute Gasteiger partial charge is 0.337 e. The van der Waals surface area contributed by atoms with Gasteiger partial charge in [0.05, 0.1) is 25.3 Å². The summed E-state index contributed by atoms with van der Waals surface area (Å²) in [4.78, 5) is 21.2. The maximum atomic E-state index is 11.8. The van der Waals surface area contributed by atoms with E-state index in [1.54, 1.807) is 60.7 Å². The first-order valence-corrected chi connectivity index (χ1v) is 11.7. The molecule has 3 aromatic carbocycles. The van der Waals surface area contributed by atoms with Gasteiger partial charge in [0.2, 0.25) is 0 Å². The number of halogens is 1. The Balaban J connectivity index is 1.86. The summed E-state index contributed by atoms with van der Waals surface area (Å²) in [6, 6.07) is 19.0. The molecule has 0 saturated heterocycles. The average molecular weight is 542 g/mol. The molecule has 3 aromatic rings. The van der Waals surface area contributed by atoms with Gasteiger partial charge in [-0.05, 0) is 57.1 Å². The number of benzene rings is 3. The SMILES string of the molecule is COC(=O)c1ccc(C2=NC(c3cccc(OC)c3O)=IC(c3ccccc3O)=N2)cc1. The highest BCUT2D eigenvalue weighted by molar-refractivity contribution is 14.2. The number of carbonyl (C=O) groups is 1. The number of aromatic hydroxyl groups is 2. The molecule has 0 aromatic heterocycles. The van der Waals surface area contributed by atoms with Crippen LogP contribution in [0.25, 0.3) is 0 Å². The molecule has 0 unspecified atom stereocenters. The van der Waals surface area contributed by atoms with Crippen LogP contribution in [0.2, 0.25) is 0 Å². The molecule has 1 aliphatic rings. The predicted octanol–water partition coefficient (Wildman–Crippen LogP) is 4.25. The average Bonchev–Trinajstić information content (AvgIpc) is 2.83. The van der Waals surface area contributed by atoms with Gasteiger partial charge in [-0.1, -0.05) is 30.3 Å². The van der Waals surface area contributed by atoms with E-state index in [1.165, 1.54) is 14.2 Å². The monoisotopic (exact) mass is 542 g/mol. The minimum absolute atomic E-state index is 0.00683. The number of nitrogens with zero attached hydrogens (tertiary/aromatic N) is 2. The zero-order valence-corrected chi connectivity index (χ0v) is 19.4. The van der Waals surface area contributed by atoms with E-state index in [9.17, 15) is 15.0 Å². The van der Waals surface area contributed by atoms with E-state index in [4.69, 9.17) is 19.5 Å². The molecular weight excluding hydrogens is 523 g/mol. The van der Waals surface area contributed by atoms with Gasteiger partial charge in [0.15, 0.2) is 17.3 Å². The molecule has 2 N–H and O–H groups in total. The Kier molecular flexibility index (Phi) is 6.31. The van der Waals surface area contributed by atoms with Gasteiger partial charge in [0.25, 0.3) is 0 Å². The van der Waals surface area contributed by atoms with Gasteiger partial charge < -0.3 is 19.7 Å².